The van der Waals surface area contributed by atoms with Crippen LogP contribution in [-0.2, 0) is 27.2 Å². The molecule has 0 aliphatic carbocycles. The molecule has 0 bridgehead atoms. The molecule has 3 aromatic rings. The van der Waals surface area contributed by atoms with Gasteiger partial charge in [-0.1, -0.05) is 31.2 Å². The number of carbonyl (C=O) groups is 3. The lowest BCUT2D eigenvalue weighted by Crippen LogP contribution is -2.57. The molecule has 0 aromatic heterocycles. The van der Waals surface area contributed by atoms with Gasteiger partial charge in [0, 0.05) is 24.6 Å². The molecule has 2 heterocycles. The van der Waals surface area contributed by atoms with Gasteiger partial charge in [-0.2, -0.15) is 0 Å². The fourth-order valence-corrected chi connectivity index (χ4v) is 6.66. The number of rotatable bonds is 9. The predicted molar refractivity (Wildman–Crippen MR) is 156 cm³/mol. The van der Waals surface area contributed by atoms with Crippen molar-refractivity contribution < 1.29 is 33.9 Å². The third-order valence-corrected chi connectivity index (χ3v) is 8.67. The zero-order valence-electron chi connectivity index (χ0n) is 23.0. The summed E-state index contributed by atoms with van der Waals surface area (Å²) in [7, 11) is 2.94. The number of nitro benzene ring substituents is 1. The highest BCUT2D eigenvalue weighted by atomic mass is 79.9. The average Bonchev–Trinajstić information content (AvgIpc) is 3.46. The van der Waals surface area contributed by atoms with E-state index >= 15 is 0 Å². The molecule has 4 unspecified atom stereocenters. The smallest absolute Gasteiger partial charge is 0.325 e. The Bertz CT molecular complexity index is 1580. The number of benzene rings is 3. The Morgan fingerprint density at radius 3 is 2.24 bits per heavy atom. The number of hydrogen-bond donors (Lipinski definition) is 2. The highest BCUT2D eigenvalue weighted by molar-refractivity contribution is 9.10. The van der Waals surface area contributed by atoms with Crippen LogP contribution in [-0.4, -0.2) is 47.6 Å². The van der Waals surface area contributed by atoms with Crippen molar-refractivity contribution in [2.24, 2.45) is 11.8 Å². The van der Waals surface area contributed by atoms with Crippen LogP contribution in [0.4, 0.5) is 11.4 Å². The van der Waals surface area contributed by atoms with E-state index in [1.165, 1.54) is 38.5 Å². The first kappa shape index (κ1) is 29.2. The molecule has 2 amide bonds. The highest BCUT2D eigenvalue weighted by Crippen LogP contribution is 2.52. The Balaban J connectivity index is 1.66. The van der Waals surface area contributed by atoms with Crippen molar-refractivity contribution in [2.75, 3.05) is 19.1 Å². The van der Waals surface area contributed by atoms with Gasteiger partial charge in [-0.25, -0.2) is 4.90 Å². The van der Waals surface area contributed by atoms with Gasteiger partial charge in [0.1, 0.15) is 5.54 Å². The molecule has 4 atom stereocenters. The summed E-state index contributed by atoms with van der Waals surface area (Å²) in [6, 6.07) is 15.0. The van der Waals surface area contributed by atoms with E-state index in [1.807, 2.05) is 19.1 Å². The lowest BCUT2D eigenvalue weighted by Gasteiger charge is -2.31. The van der Waals surface area contributed by atoms with E-state index < -0.39 is 46.1 Å². The third-order valence-electron chi connectivity index (χ3n) is 8.08. The fraction of sp³-hybridized carbons (Fsp3) is 0.300. The molecule has 2 fully saturated rings. The number of anilines is 1. The highest BCUT2D eigenvalue weighted by Gasteiger charge is 2.68. The number of carbonyl (C=O) groups excluding carboxylic acids is 2. The van der Waals surface area contributed by atoms with Crippen LogP contribution in [0.3, 0.4) is 0 Å². The Morgan fingerprint density at radius 1 is 1.05 bits per heavy atom. The number of amides is 2. The lowest BCUT2D eigenvalue weighted by molar-refractivity contribution is -0.384. The van der Waals surface area contributed by atoms with E-state index in [9.17, 15) is 29.6 Å². The van der Waals surface area contributed by atoms with Gasteiger partial charge >= 0.3 is 5.97 Å². The second-order valence-electron chi connectivity index (χ2n) is 10.3. The van der Waals surface area contributed by atoms with Crippen LogP contribution in [0, 0.1) is 22.0 Å². The molecule has 0 spiro atoms. The number of fused-ring (bicyclic) bond motifs is 1. The molecule has 2 N–H and O–H groups in total. The van der Waals surface area contributed by atoms with Gasteiger partial charge in [0.2, 0.25) is 11.8 Å². The number of aliphatic carboxylic acids is 1. The molecule has 12 heteroatoms. The second-order valence-corrected chi connectivity index (χ2v) is 11.1. The van der Waals surface area contributed by atoms with E-state index in [-0.39, 0.29) is 12.1 Å². The number of ether oxygens (including phenoxy) is 2. The maximum Gasteiger partial charge on any atom is 0.325 e. The summed E-state index contributed by atoms with van der Waals surface area (Å²) in [5.41, 5.74) is 0.294. The molecular weight excluding hydrogens is 610 g/mol. The third kappa shape index (κ3) is 4.70. The van der Waals surface area contributed by atoms with E-state index in [2.05, 4.69) is 21.2 Å². The molecule has 11 nitrogen and oxygen atoms in total. The largest absolute Gasteiger partial charge is 0.493 e. The number of halogens is 1. The zero-order chi connectivity index (χ0) is 30.3. The summed E-state index contributed by atoms with van der Waals surface area (Å²) in [5, 5.41) is 25.1. The summed E-state index contributed by atoms with van der Waals surface area (Å²) < 4.78 is 11.4. The molecule has 2 aliphatic heterocycles. The number of nitro groups is 1. The monoisotopic (exact) mass is 637 g/mol. The van der Waals surface area contributed by atoms with Crippen molar-refractivity contribution in [1.29, 1.82) is 0 Å². The van der Waals surface area contributed by atoms with Crippen LogP contribution in [0.2, 0.25) is 0 Å². The standard InChI is InChI=1S/C30H28BrN3O8/c1-4-16-5-9-19(10-6-16)33-27(35)23-24(28(33)36)30(29(37)38,15-17-7-11-20(12-8-17)34(39)40)32-25(23)18-13-21(31)26(42-3)22(14-18)41-2/h5-14,23-25,32H,4,15H2,1-3H3,(H,37,38). The van der Waals surface area contributed by atoms with Gasteiger partial charge < -0.3 is 14.6 Å². The van der Waals surface area contributed by atoms with E-state index in [1.54, 1.807) is 24.3 Å². The van der Waals surface area contributed by atoms with Crippen LogP contribution in [0.5, 0.6) is 11.5 Å². The zero-order valence-corrected chi connectivity index (χ0v) is 24.6. The maximum atomic E-state index is 14.1. The van der Waals surface area contributed by atoms with Gasteiger partial charge in [-0.15, -0.1) is 0 Å². The molecular formula is C30H28BrN3O8. The molecule has 42 heavy (non-hydrogen) atoms. The number of methoxy groups -OCH3 is 2. The number of hydrogen-bond acceptors (Lipinski definition) is 8. The summed E-state index contributed by atoms with van der Waals surface area (Å²) in [5.74, 6) is -4.05. The van der Waals surface area contributed by atoms with Gasteiger partial charge in [-0.05, 0) is 63.3 Å². The predicted octanol–water partition coefficient (Wildman–Crippen LogP) is 4.45. The van der Waals surface area contributed by atoms with Crippen molar-refractivity contribution in [3.63, 3.8) is 0 Å². The van der Waals surface area contributed by atoms with Crippen molar-refractivity contribution in [3.05, 3.63) is 91.9 Å². The van der Waals surface area contributed by atoms with Crippen LogP contribution < -0.4 is 19.7 Å². The van der Waals surface area contributed by atoms with Gasteiger partial charge in [0.05, 0.1) is 41.1 Å². The molecule has 2 saturated heterocycles. The number of nitrogens with one attached hydrogen (secondary N) is 1. The Hall–Kier alpha value is -4.29. The molecule has 2 aliphatic rings. The Kier molecular flexibility index (Phi) is 7.78. The van der Waals surface area contributed by atoms with Crippen LogP contribution >= 0.6 is 15.9 Å². The fourth-order valence-electron chi connectivity index (χ4n) is 6.03. The molecule has 5 rings (SSSR count). The number of carboxylic acids is 1. The van der Waals surface area contributed by atoms with Crippen LogP contribution in [0.25, 0.3) is 0 Å². The van der Waals surface area contributed by atoms with Crippen molar-refractivity contribution in [1.82, 2.24) is 5.32 Å². The summed E-state index contributed by atoms with van der Waals surface area (Å²) >= 11 is 3.47. The second kappa shape index (κ2) is 11.2. The molecule has 0 radical (unpaired) electrons. The van der Waals surface area contributed by atoms with Gasteiger partial charge in [0.25, 0.3) is 5.69 Å². The van der Waals surface area contributed by atoms with E-state index in [0.29, 0.717) is 32.8 Å². The van der Waals surface area contributed by atoms with E-state index in [0.717, 1.165) is 16.9 Å². The van der Waals surface area contributed by atoms with Gasteiger partial charge in [0.15, 0.2) is 11.5 Å². The topological polar surface area (TPSA) is 148 Å². The first-order chi connectivity index (χ1) is 20.1. The van der Waals surface area contributed by atoms with Crippen molar-refractivity contribution >= 4 is 45.1 Å². The average molecular weight is 638 g/mol. The first-order valence-corrected chi connectivity index (χ1v) is 14.0. The minimum absolute atomic E-state index is 0.151. The molecule has 218 valence electrons. The number of non-ortho nitro benzene ring substituents is 1. The number of aryl methyl sites for hydroxylation is 1. The van der Waals surface area contributed by atoms with E-state index in [4.69, 9.17) is 9.47 Å². The lowest BCUT2D eigenvalue weighted by atomic mass is 9.76. The minimum Gasteiger partial charge on any atom is -0.493 e. The minimum atomic E-state index is -1.91. The SMILES string of the molecule is CCc1ccc(N2C(=O)C3C(c4cc(Br)c(OC)c(OC)c4)NC(Cc4ccc([N+](=O)[O-])cc4)(C(=O)O)C3C2=O)cc1. The number of carboxylic acid groups (broad SMARTS) is 1. The Labute approximate surface area is 249 Å². The first-order valence-electron chi connectivity index (χ1n) is 13.2. The van der Waals surface area contributed by atoms with Crippen molar-refractivity contribution in [2.45, 2.75) is 31.3 Å². The Morgan fingerprint density at radius 2 is 1.69 bits per heavy atom. The number of nitrogens with zero attached hydrogens (tertiary/aromatic N) is 2. The summed E-state index contributed by atoms with van der Waals surface area (Å²) in [4.78, 5) is 53.1. The van der Waals surface area contributed by atoms with Gasteiger partial charge in [-0.3, -0.25) is 29.8 Å². The van der Waals surface area contributed by atoms with Crippen molar-refractivity contribution in [3.8, 4) is 11.5 Å². The van der Waals surface area contributed by atoms with Crippen LogP contribution in [0.15, 0.2) is 65.1 Å². The summed E-state index contributed by atoms with van der Waals surface area (Å²) in [6.07, 6.45) is 0.568. The summed E-state index contributed by atoms with van der Waals surface area (Å²) in [6.45, 7) is 1.99. The van der Waals surface area contributed by atoms with Crippen LogP contribution in [0.1, 0.15) is 29.7 Å². The maximum absolute atomic E-state index is 14.1. The quantitative estimate of drug-likeness (QED) is 0.197. The normalized spacial score (nSPS) is 23.1. The molecule has 3 aromatic carbocycles. The molecule has 0 saturated carbocycles. The number of imide groups is 1.